The first-order valence-corrected chi connectivity index (χ1v) is 4.99. The highest BCUT2D eigenvalue weighted by atomic mass is 16.5. The van der Waals surface area contributed by atoms with Gasteiger partial charge in [0.2, 0.25) is 5.88 Å². The van der Waals surface area contributed by atoms with Crippen LogP contribution in [0.4, 0.5) is 0 Å². The Balaban J connectivity index is 2.51. The first-order chi connectivity index (χ1) is 7.07. The van der Waals surface area contributed by atoms with Gasteiger partial charge in [0, 0.05) is 11.6 Å². The summed E-state index contributed by atoms with van der Waals surface area (Å²) >= 11 is 0. The average Bonchev–Trinajstić information content (AvgIpc) is 2.27. The average molecular weight is 210 g/mol. The molecule has 0 saturated heterocycles. The molecule has 0 amide bonds. The predicted molar refractivity (Wildman–Crippen MR) is 59.2 cm³/mol. The summed E-state index contributed by atoms with van der Waals surface area (Å²) in [5.41, 5.74) is 5.64. The van der Waals surface area contributed by atoms with E-state index in [4.69, 9.17) is 15.2 Å². The lowest BCUT2D eigenvalue weighted by Crippen LogP contribution is -2.41. The van der Waals surface area contributed by atoms with E-state index in [9.17, 15) is 0 Å². The number of aromatic nitrogens is 1. The smallest absolute Gasteiger partial charge is 0.213 e. The number of hydrogen-bond acceptors (Lipinski definition) is 4. The van der Waals surface area contributed by atoms with E-state index < -0.39 is 0 Å². The number of pyridine rings is 1. The number of nitrogens with zero attached hydrogens (tertiary/aromatic N) is 1. The van der Waals surface area contributed by atoms with Crippen molar-refractivity contribution in [1.82, 2.24) is 4.98 Å². The molecule has 0 bridgehead atoms. The fourth-order valence-electron chi connectivity index (χ4n) is 0.914. The second-order valence-corrected chi connectivity index (χ2v) is 3.83. The lowest BCUT2D eigenvalue weighted by atomic mass is 10.0. The van der Waals surface area contributed by atoms with Crippen molar-refractivity contribution >= 4 is 0 Å². The summed E-state index contributed by atoms with van der Waals surface area (Å²) < 4.78 is 10.5. The Bertz CT molecular complexity index is 296. The Kier molecular flexibility index (Phi) is 3.91. The summed E-state index contributed by atoms with van der Waals surface area (Å²) in [7, 11) is 1.60. The van der Waals surface area contributed by atoms with Gasteiger partial charge in [-0.05, 0) is 19.4 Å². The fraction of sp³-hybridized carbons (Fsp3) is 0.545. The molecule has 0 aliphatic carbocycles. The quantitative estimate of drug-likeness (QED) is 0.802. The topological polar surface area (TPSA) is 57.4 Å². The molecule has 0 radical (unpaired) electrons. The van der Waals surface area contributed by atoms with E-state index in [0.29, 0.717) is 18.2 Å². The van der Waals surface area contributed by atoms with Crippen LogP contribution in [0.2, 0.25) is 0 Å². The number of ether oxygens (including phenoxy) is 2. The molecule has 0 saturated carbocycles. The Labute approximate surface area is 90.4 Å². The van der Waals surface area contributed by atoms with Crippen molar-refractivity contribution < 1.29 is 9.47 Å². The molecule has 0 aliphatic heterocycles. The van der Waals surface area contributed by atoms with Crippen LogP contribution in [-0.2, 0) is 0 Å². The minimum absolute atomic E-state index is 0.304. The lowest BCUT2D eigenvalue weighted by molar-refractivity contribution is 0.218. The third kappa shape index (κ3) is 3.75. The van der Waals surface area contributed by atoms with Crippen molar-refractivity contribution in [3.8, 4) is 11.6 Å². The highest BCUT2D eigenvalue weighted by Crippen LogP contribution is 2.14. The first-order valence-electron chi connectivity index (χ1n) is 4.99. The van der Waals surface area contributed by atoms with Gasteiger partial charge in [0.25, 0.3) is 0 Å². The molecular formula is C11H18N2O2. The van der Waals surface area contributed by atoms with Crippen molar-refractivity contribution in [2.24, 2.45) is 5.73 Å². The van der Waals surface area contributed by atoms with Gasteiger partial charge in [-0.1, -0.05) is 6.92 Å². The standard InChI is InChI=1S/C11H18N2O2/c1-4-11(2,12)8-15-10-6-5-9(14-3)7-13-10/h5-7H,4,8,12H2,1-3H3. The normalized spacial score (nSPS) is 14.4. The third-order valence-corrected chi connectivity index (χ3v) is 2.30. The van der Waals surface area contributed by atoms with E-state index in [1.54, 1.807) is 19.4 Å². The second-order valence-electron chi connectivity index (χ2n) is 3.83. The zero-order valence-electron chi connectivity index (χ0n) is 9.49. The van der Waals surface area contributed by atoms with Crippen LogP contribution in [0.25, 0.3) is 0 Å². The molecule has 0 spiro atoms. The summed E-state index contributed by atoms with van der Waals surface area (Å²) in [5, 5.41) is 0. The van der Waals surface area contributed by atoms with Crippen LogP contribution < -0.4 is 15.2 Å². The maximum atomic E-state index is 5.94. The van der Waals surface area contributed by atoms with E-state index in [0.717, 1.165) is 6.42 Å². The SMILES string of the molecule is CCC(C)(N)COc1ccc(OC)cn1. The van der Waals surface area contributed by atoms with Crippen LogP contribution in [-0.4, -0.2) is 24.2 Å². The predicted octanol–water partition coefficient (Wildman–Crippen LogP) is 1.60. The number of hydrogen-bond donors (Lipinski definition) is 1. The minimum Gasteiger partial charge on any atom is -0.495 e. The highest BCUT2D eigenvalue weighted by Gasteiger charge is 2.16. The molecule has 1 aromatic heterocycles. The van der Waals surface area contributed by atoms with Crippen LogP contribution in [0.3, 0.4) is 0 Å². The van der Waals surface area contributed by atoms with Crippen LogP contribution >= 0.6 is 0 Å². The monoisotopic (exact) mass is 210 g/mol. The molecular weight excluding hydrogens is 192 g/mol. The van der Waals surface area contributed by atoms with Crippen molar-refractivity contribution in [1.29, 1.82) is 0 Å². The molecule has 1 rings (SSSR count). The molecule has 0 aliphatic rings. The van der Waals surface area contributed by atoms with Gasteiger partial charge < -0.3 is 15.2 Å². The van der Waals surface area contributed by atoms with Gasteiger partial charge in [0.1, 0.15) is 12.4 Å². The Morgan fingerprint density at radius 1 is 1.47 bits per heavy atom. The summed E-state index contributed by atoms with van der Waals surface area (Å²) in [6.45, 7) is 4.45. The Morgan fingerprint density at radius 2 is 2.20 bits per heavy atom. The maximum Gasteiger partial charge on any atom is 0.213 e. The van der Waals surface area contributed by atoms with Gasteiger partial charge in [0.15, 0.2) is 0 Å². The largest absolute Gasteiger partial charge is 0.495 e. The van der Waals surface area contributed by atoms with Crippen LogP contribution in [0.5, 0.6) is 11.6 Å². The molecule has 84 valence electrons. The molecule has 15 heavy (non-hydrogen) atoms. The van der Waals surface area contributed by atoms with Gasteiger partial charge >= 0.3 is 0 Å². The van der Waals surface area contributed by atoms with Crippen LogP contribution in [0.1, 0.15) is 20.3 Å². The van der Waals surface area contributed by atoms with Crippen molar-refractivity contribution in [3.63, 3.8) is 0 Å². The van der Waals surface area contributed by atoms with Gasteiger partial charge in [0.05, 0.1) is 13.3 Å². The van der Waals surface area contributed by atoms with Gasteiger partial charge in [-0.15, -0.1) is 0 Å². The third-order valence-electron chi connectivity index (χ3n) is 2.30. The molecule has 1 atom stereocenters. The summed E-state index contributed by atoms with van der Waals surface area (Å²) in [5.74, 6) is 1.29. The second kappa shape index (κ2) is 4.98. The van der Waals surface area contributed by atoms with Gasteiger partial charge in [-0.25, -0.2) is 4.98 Å². The fourth-order valence-corrected chi connectivity index (χ4v) is 0.914. The van der Waals surface area contributed by atoms with Crippen LogP contribution in [0, 0.1) is 0 Å². The number of rotatable bonds is 5. The number of nitrogens with two attached hydrogens (primary N) is 1. The molecule has 0 fully saturated rings. The minimum atomic E-state index is -0.304. The van der Waals surface area contributed by atoms with Crippen LogP contribution in [0.15, 0.2) is 18.3 Å². The van der Waals surface area contributed by atoms with E-state index in [1.807, 2.05) is 19.9 Å². The zero-order chi connectivity index (χ0) is 11.3. The molecule has 1 aromatic rings. The molecule has 0 aromatic carbocycles. The van der Waals surface area contributed by atoms with E-state index >= 15 is 0 Å². The first kappa shape index (κ1) is 11.8. The summed E-state index contributed by atoms with van der Waals surface area (Å²) in [6, 6.07) is 3.58. The molecule has 4 nitrogen and oxygen atoms in total. The van der Waals surface area contributed by atoms with E-state index in [2.05, 4.69) is 4.98 Å². The van der Waals surface area contributed by atoms with E-state index in [1.165, 1.54) is 0 Å². The molecule has 4 heteroatoms. The van der Waals surface area contributed by atoms with Gasteiger partial charge in [-0.2, -0.15) is 0 Å². The van der Waals surface area contributed by atoms with Crippen molar-refractivity contribution in [2.75, 3.05) is 13.7 Å². The van der Waals surface area contributed by atoms with Crippen molar-refractivity contribution in [3.05, 3.63) is 18.3 Å². The lowest BCUT2D eigenvalue weighted by Gasteiger charge is -2.22. The molecule has 1 heterocycles. The zero-order valence-corrected chi connectivity index (χ0v) is 9.49. The Morgan fingerprint density at radius 3 is 2.67 bits per heavy atom. The Hall–Kier alpha value is -1.29. The summed E-state index contributed by atoms with van der Waals surface area (Å²) in [6.07, 6.45) is 2.48. The maximum absolute atomic E-state index is 5.94. The highest BCUT2D eigenvalue weighted by molar-refractivity contribution is 5.22. The molecule has 1 unspecified atom stereocenters. The van der Waals surface area contributed by atoms with E-state index in [-0.39, 0.29) is 5.54 Å². The van der Waals surface area contributed by atoms with Crippen molar-refractivity contribution in [2.45, 2.75) is 25.8 Å². The molecule has 2 N–H and O–H groups in total. The van der Waals surface area contributed by atoms with Gasteiger partial charge in [-0.3, -0.25) is 0 Å². The summed E-state index contributed by atoms with van der Waals surface area (Å²) in [4.78, 5) is 4.08. The number of methoxy groups -OCH3 is 1.